The van der Waals surface area contributed by atoms with Crippen LogP contribution in [0.1, 0.15) is 23.5 Å². The van der Waals surface area contributed by atoms with E-state index in [0.717, 1.165) is 5.69 Å². The summed E-state index contributed by atoms with van der Waals surface area (Å²) in [5, 5.41) is 15.8. The smallest absolute Gasteiger partial charge is 0.174 e. The topological polar surface area (TPSA) is 61.5 Å². The summed E-state index contributed by atoms with van der Waals surface area (Å²) in [4.78, 5) is 6.31. The Morgan fingerprint density at radius 2 is 1.76 bits per heavy atom. The van der Waals surface area contributed by atoms with Gasteiger partial charge in [-0.2, -0.15) is 0 Å². The highest BCUT2D eigenvalue weighted by atomic mass is 35.5. The number of furan rings is 1. The Morgan fingerprint density at radius 1 is 0.970 bits per heavy atom. The zero-order valence-corrected chi connectivity index (χ0v) is 20.0. The van der Waals surface area contributed by atoms with E-state index in [2.05, 4.69) is 10.3 Å². The summed E-state index contributed by atoms with van der Waals surface area (Å²) in [6.07, 6.45) is 1.72. The molecule has 2 aromatic heterocycles. The Labute approximate surface area is 210 Å². The molecular weight excluding hydrogens is 501 g/mol. The van der Waals surface area contributed by atoms with Gasteiger partial charge in [-0.05, 0) is 72.9 Å². The quantitative estimate of drug-likeness (QED) is 0.280. The average Bonchev–Trinajstić information content (AvgIpc) is 3.40. The maximum atomic E-state index is 10.6. The molecule has 0 radical (unpaired) electrons. The molecule has 33 heavy (non-hydrogen) atoms. The zero-order valence-electron chi connectivity index (χ0n) is 16.9. The van der Waals surface area contributed by atoms with Crippen molar-refractivity contribution in [1.82, 2.24) is 10.3 Å². The number of phenolic OH excluding ortho intramolecular Hbond substituents is 1. The van der Waals surface area contributed by atoms with Gasteiger partial charge in [0.05, 0.1) is 22.4 Å². The molecule has 5 nitrogen and oxygen atoms in total. The minimum Gasteiger partial charge on any atom is -0.506 e. The van der Waals surface area contributed by atoms with Gasteiger partial charge in [-0.3, -0.25) is 4.98 Å². The minimum absolute atomic E-state index is 0.0442. The molecule has 0 bridgehead atoms. The van der Waals surface area contributed by atoms with Crippen LogP contribution in [0.25, 0.3) is 11.3 Å². The third-order valence-corrected chi connectivity index (χ3v) is 6.51. The summed E-state index contributed by atoms with van der Waals surface area (Å²) in [7, 11) is 0. The lowest BCUT2D eigenvalue weighted by Crippen LogP contribution is -2.29. The molecular formula is C24H16Cl3N3O2S. The molecule has 2 atom stereocenters. The first kappa shape index (κ1) is 22.0. The van der Waals surface area contributed by atoms with E-state index in [1.165, 1.54) is 6.07 Å². The van der Waals surface area contributed by atoms with Gasteiger partial charge in [0.2, 0.25) is 0 Å². The average molecular weight is 517 g/mol. The number of nitrogens with zero attached hydrogens (tertiary/aromatic N) is 2. The molecule has 0 saturated carbocycles. The van der Waals surface area contributed by atoms with Gasteiger partial charge < -0.3 is 19.7 Å². The van der Waals surface area contributed by atoms with Gasteiger partial charge in [-0.1, -0.05) is 40.9 Å². The second kappa shape index (κ2) is 8.88. The highest BCUT2D eigenvalue weighted by molar-refractivity contribution is 7.80. The number of benzene rings is 2. The fourth-order valence-corrected chi connectivity index (χ4v) is 4.95. The van der Waals surface area contributed by atoms with Crippen LogP contribution in [0.2, 0.25) is 15.1 Å². The largest absolute Gasteiger partial charge is 0.506 e. The number of rotatable bonds is 4. The molecule has 4 aromatic rings. The normalized spacial score (nSPS) is 17.9. The lowest BCUT2D eigenvalue weighted by atomic mass is 10.0. The van der Waals surface area contributed by atoms with Crippen LogP contribution in [-0.2, 0) is 0 Å². The summed E-state index contributed by atoms with van der Waals surface area (Å²) in [6, 6.07) is 18.6. The molecule has 1 aliphatic rings. The van der Waals surface area contributed by atoms with Crippen molar-refractivity contribution in [1.29, 1.82) is 0 Å². The van der Waals surface area contributed by atoms with Crippen molar-refractivity contribution < 1.29 is 9.52 Å². The number of pyridine rings is 1. The number of phenols is 1. The molecule has 0 amide bonds. The predicted molar refractivity (Wildman–Crippen MR) is 135 cm³/mol. The number of halogens is 3. The van der Waals surface area contributed by atoms with Gasteiger partial charge >= 0.3 is 0 Å². The van der Waals surface area contributed by atoms with E-state index in [4.69, 9.17) is 51.4 Å². The van der Waals surface area contributed by atoms with E-state index in [9.17, 15) is 5.11 Å². The molecule has 0 aliphatic carbocycles. The molecule has 2 aromatic carbocycles. The molecule has 0 spiro atoms. The standard InChI is InChI=1S/C24H16Cl3N3O2S/c25-13-4-6-15(16(27)11-13)20-8-9-21(32-20)23-22(17-3-1-2-10-28-17)29-24(33)30(23)18-12-14(26)5-7-19(18)31/h1-12,22-23,31H,(H,29,33)/t22-,23-/m1/s1. The number of hydrogen-bond donors (Lipinski definition) is 2. The van der Waals surface area contributed by atoms with Crippen LogP contribution in [0.5, 0.6) is 5.75 Å². The third-order valence-electron chi connectivity index (χ3n) is 5.41. The van der Waals surface area contributed by atoms with Crippen molar-refractivity contribution >= 4 is 57.8 Å². The summed E-state index contributed by atoms with van der Waals surface area (Å²) < 4.78 is 6.29. The summed E-state index contributed by atoms with van der Waals surface area (Å²) >= 11 is 24.4. The summed E-state index contributed by atoms with van der Waals surface area (Å²) in [5.74, 6) is 1.24. The highest BCUT2D eigenvalue weighted by Gasteiger charge is 2.43. The van der Waals surface area contributed by atoms with Crippen molar-refractivity contribution in [2.24, 2.45) is 0 Å². The van der Waals surface area contributed by atoms with Gasteiger partial charge in [-0.15, -0.1) is 0 Å². The first-order chi connectivity index (χ1) is 15.9. The first-order valence-electron chi connectivity index (χ1n) is 9.96. The number of hydrogen-bond acceptors (Lipinski definition) is 4. The SMILES string of the molecule is Oc1ccc(Cl)cc1N1C(=S)N[C@H](c2ccccn2)[C@H]1c1ccc(-c2ccc(Cl)cc2Cl)o1. The van der Waals surface area contributed by atoms with Gasteiger partial charge in [0.25, 0.3) is 0 Å². The van der Waals surface area contributed by atoms with Gasteiger partial charge in [0.15, 0.2) is 5.11 Å². The van der Waals surface area contributed by atoms with Crippen LogP contribution >= 0.6 is 47.0 Å². The van der Waals surface area contributed by atoms with E-state index in [0.29, 0.717) is 43.0 Å². The Bertz CT molecular complexity index is 1350. The number of nitrogens with one attached hydrogen (secondary N) is 1. The molecule has 1 aliphatic heterocycles. The molecule has 3 heterocycles. The molecule has 166 valence electrons. The fraction of sp³-hybridized carbons (Fsp3) is 0.0833. The zero-order chi connectivity index (χ0) is 23.1. The molecule has 5 rings (SSSR count). The Morgan fingerprint density at radius 3 is 2.52 bits per heavy atom. The molecule has 2 N–H and O–H groups in total. The minimum atomic E-state index is -0.448. The van der Waals surface area contributed by atoms with Crippen molar-refractivity contribution in [3.8, 4) is 17.1 Å². The third kappa shape index (κ3) is 4.15. The van der Waals surface area contributed by atoms with Gasteiger partial charge in [0, 0.05) is 21.8 Å². The number of aromatic nitrogens is 1. The van der Waals surface area contributed by atoms with E-state index >= 15 is 0 Å². The monoisotopic (exact) mass is 515 g/mol. The van der Waals surface area contributed by atoms with Crippen molar-refractivity contribution in [2.75, 3.05) is 4.90 Å². The molecule has 1 fully saturated rings. The lowest BCUT2D eigenvalue weighted by molar-refractivity contribution is 0.434. The Hall–Kier alpha value is -2.77. The first-order valence-corrected chi connectivity index (χ1v) is 11.5. The van der Waals surface area contributed by atoms with Gasteiger partial charge in [-0.25, -0.2) is 0 Å². The van der Waals surface area contributed by atoms with Crippen LogP contribution in [-0.4, -0.2) is 15.2 Å². The predicted octanol–water partition coefficient (Wildman–Crippen LogP) is 7.18. The highest BCUT2D eigenvalue weighted by Crippen LogP contribution is 2.46. The van der Waals surface area contributed by atoms with Crippen molar-refractivity contribution in [3.05, 3.63) is 99.4 Å². The number of thiocarbonyl (C=S) groups is 1. The van der Waals surface area contributed by atoms with Crippen molar-refractivity contribution in [3.63, 3.8) is 0 Å². The van der Waals surface area contributed by atoms with E-state index in [1.54, 1.807) is 35.4 Å². The van der Waals surface area contributed by atoms with E-state index < -0.39 is 6.04 Å². The Balaban J connectivity index is 1.63. The summed E-state index contributed by atoms with van der Waals surface area (Å²) in [5.41, 5.74) is 1.95. The van der Waals surface area contributed by atoms with Gasteiger partial charge in [0.1, 0.15) is 23.3 Å². The van der Waals surface area contributed by atoms with Crippen LogP contribution in [0, 0.1) is 0 Å². The van der Waals surface area contributed by atoms with E-state index in [-0.39, 0.29) is 11.8 Å². The molecule has 0 unspecified atom stereocenters. The number of aromatic hydroxyl groups is 1. The molecule has 9 heteroatoms. The maximum absolute atomic E-state index is 10.6. The maximum Gasteiger partial charge on any atom is 0.174 e. The fourth-order valence-electron chi connectivity index (χ4n) is 3.94. The molecule has 1 saturated heterocycles. The number of anilines is 1. The second-order valence-electron chi connectivity index (χ2n) is 7.46. The van der Waals surface area contributed by atoms with Crippen LogP contribution in [0.3, 0.4) is 0 Å². The van der Waals surface area contributed by atoms with E-state index in [1.807, 2.05) is 36.4 Å². The Kier molecular flexibility index (Phi) is 5.93. The van der Waals surface area contributed by atoms with Crippen LogP contribution in [0.4, 0.5) is 5.69 Å². The summed E-state index contributed by atoms with van der Waals surface area (Å²) in [6.45, 7) is 0. The van der Waals surface area contributed by atoms with Crippen molar-refractivity contribution in [2.45, 2.75) is 12.1 Å². The lowest BCUT2D eigenvalue weighted by Gasteiger charge is -2.26. The second-order valence-corrected chi connectivity index (χ2v) is 9.12. The van der Waals surface area contributed by atoms with Crippen LogP contribution in [0.15, 0.2) is 77.3 Å². The van der Waals surface area contributed by atoms with Crippen LogP contribution < -0.4 is 10.2 Å².